The minimum atomic E-state index is -0.658. The number of halogens is 2. The van der Waals surface area contributed by atoms with Crippen molar-refractivity contribution in [3.8, 4) is 45.5 Å². The van der Waals surface area contributed by atoms with E-state index in [2.05, 4.69) is 9.97 Å². The van der Waals surface area contributed by atoms with E-state index in [1.165, 1.54) is 11.8 Å². The third-order valence-corrected chi connectivity index (χ3v) is 8.17. The van der Waals surface area contributed by atoms with Crippen molar-refractivity contribution in [1.82, 2.24) is 19.7 Å². The molecule has 1 fully saturated rings. The van der Waals surface area contributed by atoms with Crippen molar-refractivity contribution >= 4 is 35.0 Å². The Morgan fingerprint density at radius 2 is 1.76 bits per heavy atom. The van der Waals surface area contributed by atoms with Crippen molar-refractivity contribution in [3.05, 3.63) is 94.6 Å². The van der Waals surface area contributed by atoms with Gasteiger partial charge in [-0.15, -0.1) is 0 Å². The number of nitrogens with zero attached hydrogens (tertiary/aromatic N) is 4. The van der Waals surface area contributed by atoms with Gasteiger partial charge in [0.2, 0.25) is 0 Å². The first-order valence-electron chi connectivity index (χ1n) is 14.1. The molecule has 0 amide bonds. The molecule has 232 valence electrons. The molecule has 12 heteroatoms. The Balaban J connectivity index is 1.36. The summed E-state index contributed by atoms with van der Waals surface area (Å²) < 4.78 is 24.4. The molecule has 1 aliphatic heterocycles. The van der Waals surface area contributed by atoms with Crippen LogP contribution in [0.1, 0.15) is 19.4 Å². The fraction of sp³-hybridized carbons (Fsp3) is 0.242. The van der Waals surface area contributed by atoms with Gasteiger partial charge in [-0.2, -0.15) is 4.73 Å². The zero-order valence-electron chi connectivity index (χ0n) is 24.7. The number of thioether (sulfide) groups is 1. The average Bonchev–Trinajstić information content (AvgIpc) is 3.57. The SMILES string of the molecule is CSc1nccc(-c2c(-c3cccc(OCc4ccccc4)c3)nc(-c3c(Cl)cc(OC[C@@H]4COC(C)(C)O4)cc3Cl)n2O)n1. The molecule has 9 nitrogen and oxygen atoms in total. The molecule has 1 N–H and O–H groups in total. The Bertz CT molecular complexity index is 1800. The first kappa shape index (κ1) is 31.2. The Labute approximate surface area is 275 Å². The van der Waals surface area contributed by atoms with Crippen molar-refractivity contribution in [1.29, 1.82) is 0 Å². The molecule has 1 saturated heterocycles. The minimum Gasteiger partial charge on any atom is -0.491 e. The van der Waals surface area contributed by atoms with Crippen LogP contribution in [-0.4, -0.2) is 56.3 Å². The van der Waals surface area contributed by atoms with Crippen LogP contribution < -0.4 is 9.47 Å². The monoisotopic (exact) mass is 664 g/mol. The molecule has 1 atom stereocenters. The second kappa shape index (κ2) is 13.3. The maximum atomic E-state index is 11.7. The summed E-state index contributed by atoms with van der Waals surface area (Å²) in [6.45, 7) is 4.78. The average molecular weight is 666 g/mol. The van der Waals surface area contributed by atoms with Crippen LogP contribution in [-0.2, 0) is 16.1 Å². The molecule has 45 heavy (non-hydrogen) atoms. The Kier molecular flexibility index (Phi) is 9.21. The fourth-order valence-electron chi connectivity index (χ4n) is 4.93. The molecule has 3 aromatic carbocycles. The summed E-state index contributed by atoms with van der Waals surface area (Å²) in [7, 11) is 0. The summed E-state index contributed by atoms with van der Waals surface area (Å²) in [5, 5.41) is 12.7. The Hall–Kier alpha value is -3.80. The van der Waals surface area contributed by atoms with Crippen molar-refractivity contribution in [2.75, 3.05) is 19.5 Å². The number of rotatable bonds is 10. The molecule has 0 saturated carbocycles. The molecule has 2 aromatic heterocycles. The van der Waals surface area contributed by atoms with E-state index < -0.39 is 5.79 Å². The van der Waals surface area contributed by atoms with Gasteiger partial charge in [0.25, 0.3) is 0 Å². The van der Waals surface area contributed by atoms with E-state index in [4.69, 9.17) is 47.1 Å². The van der Waals surface area contributed by atoms with Gasteiger partial charge in [0.05, 0.1) is 27.9 Å². The molecule has 1 aliphatic rings. The van der Waals surface area contributed by atoms with Crippen LogP contribution >= 0.6 is 35.0 Å². The van der Waals surface area contributed by atoms with E-state index >= 15 is 0 Å². The third-order valence-electron chi connectivity index (χ3n) is 7.01. The molecular formula is C33H30Cl2N4O5S. The first-order chi connectivity index (χ1) is 21.7. The van der Waals surface area contributed by atoms with Gasteiger partial charge in [-0.05, 0) is 56.0 Å². The molecule has 5 aromatic rings. The summed E-state index contributed by atoms with van der Waals surface area (Å²) in [5.41, 5.74) is 3.34. The van der Waals surface area contributed by atoms with Crippen LogP contribution in [0.2, 0.25) is 10.0 Å². The summed E-state index contributed by atoms with van der Waals surface area (Å²) in [6.07, 6.45) is 3.28. The molecule has 0 radical (unpaired) electrons. The van der Waals surface area contributed by atoms with Crippen LogP contribution in [0.15, 0.2) is 84.1 Å². The van der Waals surface area contributed by atoms with Gasteiger partial charge in [-0.25, -0.2) is 15.0 Å². The Morgan fingerprint density at radius 1 is 0.978 bits per heavy atom. The first-order valence-corrected chi connectivity index (χ1v) is 16.1. The zero-order chi connectivity index (χ0) is 31.6. The van der Waals surface area contributed by atoms with Crippen molar-refractivity contribution in [2.45, 2.75) is 37.5 Å². The second-order valence-corrected chi connectivity index (χ2v) is 12.3. The molecule has 0 spiro atoms. The number of hydrogen-bond donors (Lipinski definition) is 1. The van der Waals surface area contributed by atoms with Crippen molar-refractivity contribution in [3.63, 3.8) is 0 Å². The number of aromatic nitrogens is 4. The lowest BCUT2D eigenvalue weighted by Crippen LogP contribution is -2.25. The topological polar surface area (TPSA) is 101 Å². The number of benzene rings is 3. The van der Waals surface area contributed by atoms with Gasteiger partial charge < -0.3 is 24.2 Å². The highest BCUT2D eigenvalue weighted by Gasteiger charge is 2.33. The van der Waals surface area contributed by atoms with Gasteiger partial charge in [0, 0.05) is 11.8 Å². The largest absolute Gasteiger partial charge is 0.491 e. The smallest absolute Gasteiger partial charge is 0.187 e. The highest BCUT2D eigenvalue weighted by Crippen LogP contribution is 2.42. The van der Waals surface area contributed by atoms with Gasteiger partial charge in [-0.1, -0.05) is 77.4 Å². The van der Waals surface area contributed by atoms with E-state index in [0.29, 0.717) is 58.1 Å². The van der Waals surface area contributed by atoms with Crippen LogP contribution in [0.5, 0.6) is 11.5 Å². The van der Waals surface area contributed by atoms with Crippen LogP contribution in [0.4, 0.5) is 0 Å². The van der Waals surface area contributed by atoms with E-state index in [9.17, 15) is 5.21 Å². The standard InChI is InChI=1S/C33H30Cl2N4O5S/c1-33(2)43-19-24(44-33)18-42-23-15-25(34)28(26(35)16-23)31-38-29(30(39(31)40)27-12-13-36-32(37-27)45-3)21-10-7-11-22(14-21)41-17-20-8-5-4-6-9-20/h4-16,24,40H,17-19H2,1-3H3/t24-/m1/s1. The van der Waals surface area contributed by atoms with E-state index in [-0.39, 0.29) is 28.6 Å². The summed E-state index contributed by atoms with van der Waals surface area (Å²) in [5.74, 6) is 0.564. The van der Waals surface area contributed by atoms with Gasteiger partial charge >= 0.3 is 0 Å². The van der Waals surface area contributed by atoms with Crippen molar-refractivity contribution < 1.29 is 24.2 Å². The lowest BCUT2D eigenvalue weighted by Gasteiger charge is -2.17. The summed E-state index contributed by atoms with van der Waals surface area (Å²) in [6, 6.07) is 22.4. The van der Waals surface area contributed by atoms with Gasteiger partial charge in [0.1, 0.15) is 42.2 Å². The van der Waals surface area contributed by atoms with Crippen LogP contribution in [0, 0.1) is 0 Å². The highest BCUT2D eigenvalue weighted by atomic mass is 35.5. The number of hydrogen-bond acceptors (Lipinski definition) is 9. The van der Waals surface area contributed by atoms with Crippen LogP contribution in [0.25, 0.3) is 34.0 Å². The van der Waals surface area contributed by atoms with Gasteiger partial charge in [-0.3, -0.25) is 0 Å². The lowest BCUT2D eigenvalue weighted by atomic mass is 10.1. The maximum absolute atomic E-state index is 11.7. The summed E-state index contributed by atoms with van der Waals surface area (Å²) in [4.78, 5) is 13.8. The maximum Gasteiger partial charge on any atom is 0.187 e. The minimum absolute atomic E-state index is 0.135. The van der Waals surface area contributed by atoms with Crippen LogP contribution in [0.3, 0.4) is 0 Å². The normalized spacial score (nSPS) is 15.7. The molecule has 0 aliphatic carbocycles. The number of ether oxygens (including phenoxy) is 4. The second-order valence-electron chi connectivity index (χ2n) is 10.7. The molecule has 3 heterocycles. The van der Waals surface area contributed by atoms with E-state index in [1.807, 2.05) is 74.7 Å². The summed E-state index contributed by atoms with van der Waals surface area (Å²) >= 11 is 14.9. The van der Waals surface area contributed by atoms with E-state index in [1.54, 1.807) is 24.4 Å². The predicted octanol–water partition coefficient (Wildman–Crippen LogP) is 8.05. The number of imidazole rings is 1. The molecule has 0 bridgehead atoms. The lowest BCUT2D eigenvalue weighted by molar-refractivity contribution is -0.141. The predicted molar refractivity (Wildman–Crippen MR) is 174 cm³/mol. The van der Waals surface area contributed by atoms with Crippen molar-refractivity contribution in [2.24, 2.45) is 0 Å². The molecule has 0 unspecified atom stereocenters. The molecular weight excluding hydrogens is 635 g/mol. The van der Waals surface area contributed by atoms with Gasteiger partial charge in [0.15, 0.2) is 16.8 Å². The zero-order valence-corrected chi connectivity index (χ0v) is 27.1. The fourth-order valence-corrected chi connectivity index (χ4v) is 5.92. The highest BCUT2D eigenvalue weighted by molar-refractivity contribution is 7.98. The molecule has 6 rings (SSSR count). The Morgan fingerprint density at radius 3 is 2.47 bits per heavy atom. The third kappa shape index (κ3) is 7.05. The quantitative estimate of drug-likeness (QED) is 0.0902. The van der Waals surface area contributed by atoms with E-state index in [0.717, 1.165) is 10.3 Å².